The molecule has 12 aromatic rings. The molecule has 0 unspecified atom stereocenters. The molecule has 0 spiro atoms. The number of nitro benzene ring substituents is 1. The van der Waals surface area contributed by atoms with Crippen molar-refractivity contribution in [3.8, 4) is 0 Å². The van der Waals surface area contributed by atoms with Crippen LogP contribution in [0.5, 0.6) is 0 Å². The summed E-state index contributed by atoms with van der Waals surface area (Å²) in [6, 6.07) is 83.5. The number of hydrogen-bond acceptors (Lipinski definition) is 5. The van der Waals surface area contributed by atoms with E-state index in [0.29, 0.717) is 45.4 Å². The van der Waals surface area contributed by atoms with Gasteiger partial charge < -0.3 is 5.73 Å². The fraction of sp³-hybridized carbons (Fsp3) is 0.231. The summed E-state index contributed by atoms with van der Waals surface area (Å²) in [5.41, 5.74) is 21.8. The molecule has 0 atom stereocenters. The molecule has 106 heavy (non-hydrogen) atoms. The summed E-state index contributed by atoms with van der Waals surface area (Å²) >= 11 is 28.8. The average molecular weight is 1530 g/mol. The molecule has 2 heterocycles. The summed E-state index contributed by atoms with van der Waals surface area (Å²) < 4.78 is 49.5. The molecule has 0 aliphatic heterocycles. The molecule has 2 N–H and O–H groups in total. The van der Waals surface area contributed by atoms with Gasteiger partial charge >= 0.3 is 0 Å². The van der Waals surface area contributed by atoms with Crippen molar-refractivity contribution in [1.29, 1.82) is 0 Å². The van der Waals surface area contributed by atoms with Gasteiger partial charge in [-0.05, 0) is 193 Å². The fourth-order valence-electron chi connectivity index (χ4n) is 9.59. The van der Waals surface area contributed by atoms with Crippen LogP contribution in [0.4, 0.5) is 28.9 Å². The van der Waals surface area contributed by atoms with Crippen LogP contribution in [0.1, 0.15) is 154 Å². The molecule has 0 aliphatic rings. The number of para-hydroxylation sites is 2. The number of nitrogens with zero attached hydrogens (tertiary/aromatic N) is 3. The second-order valence-electron chi connectivity index (χ2n) is 23.8. The summed E-state index contributed by atoms with van der Waals surface area (Å²) in [5.74, 6) is -1.68. The number of nitro groups is 1. The van der Waals surface area contributed by atoms with Gasteiger partial charge in [-0.15, -0.1) is 0 Å². The largest absolute Gasteiger partial charge is 0.399 e. The van der Waals surface area contributed by atoms with Crippen LogP contribution in [-0.4, -0.2) is 14.9 Å². The van der Waals surface area contributed by atoms with Crippen molar-refractivity contribution < 1.29 is 22.5 Å². The van der Waals surface area contributed by atoms with Crippen LogP contribution < -0.4 is 5.73 Å². The molecule has 15 heteroatoms. The summed E-state index contributed by atoms with van der Waals surface area (Å²) in [5, 5.41) is 13.8. The Kier molecular flexibility index (Phi) is 45.3. The molecule has 0 bridgehead atoms. The number of nitrogens with two attached hydrogens (primary N) is 1. The number of pyridine rings is 2. The molecule has 0 radical (unpaired) electrons. The number of halogens is 9. The Morgan fingerprint density at radius 1 is 0.387 bits per heavy atom. The van der Waals surface area contributed by atoms with E-state index < -0.39 is 23.3 Å². The molecular formula is C91H99Cl5F4N4O2. The first-order valence-electron chi connectivity index (χ1n) is 35.5. The Morgan fingerprint density at radius 2 is 0.840 bits per heavy atom. The smallest absolute Gasteiger partial charge is 0.272 e. The number of aromatic nitrogens is 2. The van der Waals surface area contributed by atoms with E-state index in [-0.39, 0.29) is 10.6 Å². The molecule has 6 nitrogen and oxygen atoms in total. The van der Waals surface area contributed by atoms with Gasteiger partial charge in [-0.25, -0.2) is 22.5 Å². The zero-order valence-corrected chi connectivity index (χ0v) is 66.3. The first-order chi connectivity index (χ1) is 50.9. The van der Waals surface area contributed by atoms with Gasteiger partial charge in [0.25, 0.3) is 5.69 Å². The number of nitrogen functional groups attached to an aromatic ring is 1. The van der Waals surface area contributed by atoms with Crippen LogP contribution >= 0.6 is 58.0 Å². The Balaban J connectivity index is 0.000000308. The monoisotopic (exact) mass is 1530 g/mol. The maximum Gasteiger partial charge on any atom is 0.272 e. The summed E-state index contributed by atoms with van der Waals surface area (Å²) in [4.78, 5) is 18.1. The van der Waals surface area contributed by atoms with Crippen molar-refractivity contribution in [2.24, 2.45) is 0 Å². The van der Waals surface area contributed by atoms with Crippen molar-refractivity contribution in [2.75, 3.05) is 5.73 Å². The molecular weight excluding hydrogens is 1430 g/mol. The van der Waals surface area contributed by atoms with Crippen LogP contribution in [0.25, 0.3) is 0 Å². The minimum atomic E-state index is -0.780. The lowest BCUT2D eigenvalue weighted by Gasteiger charge is -2.12. The molecule has 12 rings (SSSR count). The van der Waals surface area contributed by atoms with Gasteiger partial charge in [-0.3, -0.25) is 15.1 Å². The maximum absolute atomic E-state index is 12.6. The minimum Gasteiger partial charge on any atom is -0.399 e. The second-order valence-corrected chi connectivity index (χ2v) is 25.9. The topological polar surface area (TPSA) is 94.9 Å². The Labute approximate surface area is 652 Å². The van der Waals surface area contributed by atoms with Crippen molar-refractivity contribution >= 4 is 69.4 Å². The third-order valence-corrected chi connectivity index (χ3v) is 17.8. The third-order valence-electron chi connectivity index (χ3n) is 16.3. The highest BCUT2D eigenvalue weighted by Gasteiger charge is 2.11. The number of hydrogen-bond donors (Lipinski definition) is 1. The van der Waals surface area contributed by atoms with Gasteiger partial charge in [0, 0.05) is 63.4 Å². The zero-order chi connectivity index (χ0) is 78.2. The summed E-state index contributed by atoms with van der Waals surface area (Å²) in [6.07, 6.45) is 10.9. The van der Waals surface area contributed by atoms with Crippen LogP contribution in [-0.2, 0) is 51.4 Å². The quantitative estimate of drug-likeness (QED) is 0.0408. The second kappa shape index (κ2) is 52.8. The van der Waals surface area contributed by atoms with E-state index >= 15 is 0 Å². The molecule has 0 saturated heterocycles. The SMILES string of the molecule is CC(c1ccc(Cl)cc1)c1ccc(Cl)cc1.CC(c1ccccc1)c1ccccc1.CCc1ccc(C)cc1.CCc1ccc(Cl)c(Cl)c1.CCc1ccc(Cl)nc1.CCc1ccc(F)c(F)c1.CCc1ccc(F)cc1F.CCc1ccccc1N.CCc1ccccc1[N+](=O)[O-].CCc1ccccn1. The number of anilines is 1. The maximum atomic E-state index is 12.6. The van der Waals surface area contributed by atoms with Crippen molar-refractivity contribution in [1.82, 2.24) is 9.97 Å². The molecule has 0 aliphatic carbocycles. The van der Waals surface area contributed by atoms with E-state index in [1.807, 2.05) is 118 Å². The molecule has 2 aromatic heterocycles. The van der Waals surface area contributed by atoms with Gasteiger partial charge in [0.1, 0.15) is 16.8 Å². The van der Waals surface area contributed by atoms with E-state index in [2.05, 4.69) is 181 Å². The van der Waals surface area contributed by atoms with Crippen LogP contribution in [0, 0.1) is 40.3 Å². The van der Waals surface area contributed by atoms with E-state index in [9.17, 15) is 27.7 Å². The predicted octanol–water partition coefficient (Wildman–Crippen LogP) is 28.1. The van der Waals surface area contributed by atoms with Crippen molar-refractivity contribution in [3.05, 3.63) is 410 Å². The highest BCUT2D eigenvalue weighted by atomic mass is 35.5. The van der Waals surface area contributed by atoms with Crippen LogP contribution in [0.2, 0.25) is 25.2 Å². The lowest BCUT2D eigenvalue weighted by atomic mass is 9.93. The Bertz CT molecular complexity index is 4170. The molecule has 0 amide bonds. The van der Waals surface area contributed by atoms with E-state index in [0.717, 1.165) is 83.2 Å². The summed E-state index contributed by atoms with van der Waals surface area (Å²) in [6.45, 7) is 22.7. The van der Waals surface area contributed by atoms with Gasteiger partial charge in [0.2, 0.25) is 0 Å². The zero-order valence-electron chi connectivity index (χ0n) is 62.5. The fourth-order valence-corrected chi connectivity index (χ4v) is 10.3. The van der Waals surface area contributed by atoms with Crippen LogP contribution in [0.3, 0.4) is 0 Å². The van der Waals surface area contributed by atoms with E-state index in [1.54, 1.807) is 30.5 Å². The molecule has 0 saturated carbocycles. The average Bonchev–Trinajstić information content (AvgIpc) is 0.911. The summed E-state index contributed by atoms with van der Waals surface area (Å²) in [7, 11) is 0. The number of benzene rings is 10. The van der Waals surface area contributed by atoms with E-state index in [4.69, 9.17) is 63.7 Å². The first-order valence-corrected chi connectivity index (χ1v) is 37.4. The number of rotatable bonds is 13. The Morgan fingerprint density at radius 3 is 1.25 bits per heavy atom. The van der Waals surface area contributed by atoms with E-state index in [1.165, 1.54) is 74.3 Å². The molecule has 0 fully saturated rings. The minimum absolute atomic E-state index is 0.218. The van der Waals surface area contributed by atoms with Gasteiger partial charge in [0.05, 0.1) is 15.0 Å². The highest BCUT2D eigenvalue weighted by Crippen LogP contribution is 2.28. The van der Waals surface area contributed by atoms with Gasteiger partial charge in [0.15, 0.2) is 11.6 Å². The lowest BCUT2D eigenvalue weighted by molar-refractivity contribution is -0.385. The highest BCUT2D eigenvalue weighted by molar-refractivity contribution is 6.42. The molecule has 10 aromatic carbocycles. The first kappa shape index (κ1) is 91.1. The normalized spacial score (nSPS) is 9.91. The number of aryl methyl sites for hydroxylation is 9. The Hall–Kier alpha value is -9.13. The third kappa shape index (κ3) is 36.2. The predicted molar refractivity (Wildman–Crippen MR) is 444 cm³/mol. The van der Waals surface area contributed by atoms with Gasteiger partial charge in [-0.1, -0.05) is 309 Å². The van der Waals surface area contributed by atoms with Crippen molar-refractivity contribution in [2.45, 2.75) is 139 Å². The van der Waals surface area contributed by atoms with Crippen molar-refractivity contribution in [3.63, 3.8) is 0 Å². The molecule has 558 valence electrons. The van der Waals surface area contributed by atoms with Gasteiger partial charge in [-0.2, -0.15) is 0 Å². The van der Waals surface area contributed by atoms with Crippen LogP contribution in [0.15, 0.2) is 279 Å². The lowest BCUT2D eigenvalue weighted by Crippen LogP contribution is -1.95. The standard InChI is InChI=1S/C14H12Cl2.C14H14.C9H12.C8H8Cl2.2C8H8F2.C8H9NO2.C8H11N.C7H8ClN.C7H9N/c1-10(11-2-6-13(15)7-3-11)12-4-8-14(16)9-5-12;1-12(13-8-4-2-5-9-13)14-10-6-3-7-11-14;1-3-9-6-4-8(2)5-7-9;1-2-6-3-4-7(9)8(10)5-6;1-2-6-3-4-7(9)5-8(6)10;1-2-6-3-4-7(9)8(10)5-6;1-2-7-5-3-4-6-8(7)9(10)11;1-2-7-5-3-4-6-8(7)9;1-2-6-3-4-7(8)9-5-6;1-2-7-5-3-4-6-8-7/h2-10H,1H3;2-12H,1H3;4-7H,3H2,1-2H3;3*3-5H,2H2,1H3;3-6H,2H2,1H3;3-6H,2,9H2,1H3;3-5H,2H2,1H3;3-6H,2H2,1H3.